The second-order valence-electron chi connectivity index (χ2n) is 4.19. The van der Waals surface area contributed by atoms with Gasteiger partial charge in [-0.15, -0.1) is 0 Å². The molecule has 1 aromatic heterocycles. The number of anilines is 2. The van der Waals surface area contributed by atoms with Crippen LogP contribution in [0.3, 0.4) is 0 Å². The number of aromatic nitrogens is 2. The maximum atomic E-state index is 12.0. The molecule has 7 nitrogen and oxygen atoms in total. The van der Waals surface area contributed by atoms with Crippen LogP contribution in [-0.2, 0) is 17.3 Å². The summed E-state index contributed by atoms with van der Waals surface area (Å²) in [6.45, 7) is 5.30. The average Bonchev–Trinajstić information content (AvgIpc) is 2.43. The Morgan fingerprint density at radius 2 is 2.00 bits per heavy atom. The first-order valence-electron chi connectivity index (χ1n) is 5.21. The van der Waals surface area contributed by atoms with E-state index in [4.69, 9.17) is 5.73 Å². The molecule has 0 saturated carbocycles. The molecule has 3 N–H and O–H groups in total. The van der Waals surface area contributed by atoms with Gasteiger partial charge in [0.05, 0.1) is 11.4 Å². The SMILES string of the molecule is Cc1nn(C)c(NS(=O)(=O)N(C)C(C)C)c1N. The molecule has 0 saturated heterocycles. The van der Waals surface area contributed by atoms with Crippen LogP contribution in [0, 0.1) is 6.92 Å². The fraction of sp³-hybridized carbons (Fsp3) is 0.667. The molecule has 0 fully saturated rings. The van der Waals surface area contributed by atoms with Crippen LogP contribution in [0.2, 0.25) is 0 Å². The Morgan fingerprint density at radius 1 is 1.47 bits per heavy atom. The van der Waals surface area contributed by atoms with E-state index >= 15 is 0 Å². The predicted molar refractivity (Wildman–Crippen MR) is 67.8 cm³/mol. The van der Waals surface area contributed by atoms with E-state index < -0.39 is 10.2 Å². The standard InChI is InChI=1S/C9H19N5O2S/c1-6(2)14(5)17(15,16)12-9-8(10)7(3)11-13(9)4/h6,12H,10H2,1-5H3. The zero-order valence-corrected chi connectivity index (χ0v) is 11.5. The summed E-state index contributed by atoms with van der Waals surface area (Å²) >= 11 is 0. The van der Waals surface area contributed by atoms with Crippen molar-refractivity contribution in [1.82, 2.24) is 14.1 Å². The second kappa shape index (κ2) is 4.53. The Balaban J connectivity index is 3.07. The summed E-state index contributed by atoms with van der Waals surface area (Å²) < 4.78 is 29.0. The normalized spacial score (nSPS) is 12.4. The summed E-state index contributed by atoms with van der Waals surface area (Å²) in [5.41, 5.74) is 6.69. The van der Waals surface area contributed by atoms with Crippen molar-refractivity contribution in [2.45, 2.75) is 26.8 Å². The van der Waals surface area contributed by atoms with Gasteiger partial charge in [0.1, 0.15) is 0 Å². The lowest BCUT2D eigenvalue weighted by atomic mass is 10.4. The molecule has 0 aliphatic rings. The molecule has 0 aliphatic carbocycles. The number of nitrogens with two attached hydrogens (primary N) is 1. The number of nitrogens with one attached hydrogen (secondary N) is 1. The Labute approximate surface area is 102 Å². The van der Waals surface area contributed by atoms with Crippen LogP contribution in [0.25, 0.3) is 0 Å². The van der Waals surface area contributed by atoms with Gasteiger partial charge >= 0.3 is 10.2 Å². The lowest BCUT2D eigenvalue weighted by molar-refractivity contribution is 0.414. The Hall–Kier alpha value is -1.28. The molecule has 0 aliphatic heterocycles. The molecule has 17 heavy (non-hydrogen) atoms. The fourth-order valence-corrected chi connectivity index (χ4v) is 2.45. The van der Waals surface area contributed by atoms with Gasteiger partial charge < -0.3 is 5.73 Å². The molecule has 8 heteroatoms. The topological polar surface area (TPSA) is 93.2 Å². The summed E-state index contributed by atoms with van der Waals surface area (Å²) in [5, 5.41) is 4.05. The molecular weight excluding hydrogens is 242 g/mol. The van der Waals surface area contributed by atoms with Gasteiger partial charge in [0, 0.05) is 20.1 Å². The third-order valence-electron chi connectivity index (χ3n) is 2.60. The molecule has 0 unspecified atom stereocenters. The maximum absolute atomic E-state index is 12.0. The fourth-order valence-electron chi connectivity index (χ4n) is 1.27. The van der Waals surface area contributed by atoms with E-state index in [2.05, 4.69) is 9.82 Å². The van der Waals surface area contributed by atoms with Crippen molar-refractivity contribution in [3.63, 3.8) is 0 Å². The van der Waals surface area contributed by atoms with Crippen LogP contribution in [0.5, 0.6) is 0 Å². The number of hydrogen-bond donors (Lipinski definition) is 2. The maximum Gasteiger partial charge on any atom is 0.302 e. The smallest absolute Gasteiger partial charge is 0.302 e. The zero-order chi connectivity index (χ0) is 13.4. The van der Waals surface area contributed by atoms with Crippen LogP contribution < -0.4 is 10.5 Å². The number of nitrogen functional groups attached to an aromatic ring is 1. The van der Waals surface area contributed by atoms with E-state index in [-0.39, 0.29) is 11.9 Å². The molecule has 0 bridgehead atoms. The van der Waals surface area contributed by atoms with Crippen molar-refractivity contribution in [2.75, 3.05) is 17.5 Å². The Kier molecular flexibility index (Phi) is 3.68. The van der Waals surface area contributed by atoms with Crippen molar-refractivity contribution >= 4 is 21.7 Å². The summed E-state index contributed by atoms with van der Waals surface area (Å²) in [5.74, 6) is 0.287. The van der Waals surface area contributed by atoms with Crippen LogP contribution in [0.1, 0.15) is 19.5 Å². The quantitative estimate of drug-likeness (QED) is 0.815. The van der Waals surface area contributed by atoms with E-state index in [0.29, 0.717) is 11.4 Å². The molecule has 0 amide bonds. The van der Waals surface area contributed by atoms with Gasteiger partial charge in [-0.25, -0.2) is 4.68 Å². The van der Waals surface area contributed by atoms with Crippen LogP contribution in [0.4, 0.5) is 11.5 Å². The Bertz CT molecular complexity index is 506. The van der Waals surface area contributed by atoms with Gasteiger partial charge in [0.25, 0.3) is 0 Å². The number of rotatable bonds is 4. The molecule has 1 aromatic rings. The van der Waals surface area contributed by atoms with E-state index in [9.17, 15) is 8.42 Å². The molecule has 0 atom stereocenters. The number of nitrogens with zero attached hydrogens (tertiary/aromatic N) is 3. The van der Waals surface area contributed by atoms with E-state index in [0.717, 1.165) is 0 Å². The van der Waals surface area contributed by atoms with Crippen LogP contribution in [0.15, 0.2) is 0 Å². The first-order valence-corrected chi connectivity index (χ1v) is 6.65. The summed E-state index contributed by atoms with van der Waals surface area (Å²) in [7, 11) is -0.460. The van der Waals surface area contributed by atoms with Crippen molar-refractivity contribution < 1.29 is 8.42 Å². The van der Waals surface area contributed by atoms with Gasteiger partial charge in [-0.2, -0.15) is 17.8 Å². The minimum absolute atomic E-state index is 0.136. The minimum atomic E-state index is -3.60. The van der Waals surface area contributed by atoms with Gasteiger partial charge in [0.2, 0.25) is 0 Å². The molecule has 0 aromatic carbocycles. The van der Waals surface area contributed by atoms with E-state index in [1.165, 1.54) is 16.0 Å². The highest BCUT2D eigenvalue weighted by Crippen LogP contribution is 2.22. The van der Waals surface area contributed by atoms with Gasteiger partial charge in [-0.3, -0.25) is 4.72 Å². The molecule has 1 rings (SSSR count). The van der Waals surface area contributed by atoms with Gasteiger partial charge in [-0.1, -0.05) is 0 Å². The lowest BCUT2D eigenvalue weighted by Gasteiger charge is -2.21. The van der Waals surface area contributed by atoms with E-state index in [1.807, 2.05) is 0 Å². The van der Waals surface area contributed by atoms with Crippen molar-refractivity contribution in [2.24, 2.45) is 7.05 Å². The van der Waals surface area contributed by atoms with Crippen LogP contribution in [-0.4, -0.2) is 35.6 Å². The summed E-state index contributed by atoms with van der Waals surface area (Å²) in [4.78, 5) is 0. The van der Waals surface area contributed by atoms with Crippen LogP contribution >= 0.6 is 0 Å². The van der Waals surface area contributed by atoms with Crippen molar-refractivity contribution in [3.8, 4) is 0 Å². The molecular formula is C9H19N5O2S. The first kappa shape index (κ1) is 13.8. The minimum Gasteiger partial charge on any atom is -0.394 e. The van der Waals surface area contributed by atoms with E-state index in [1.54, 1.807) is 27.8 Å². The van der Waals surface area contributed by atoms with Crippen molar-refractivity contribution in [3.05, 3.63) is 5.69 Å². The Morgan fingerprint density at radius 3 is 2.35 bits per heavy atom. The molecule has 98 valence electrons. The summed E-state index contributed by atoms with van der Waals surface area (Å²) in [6.07, 6.45) is 0. The monoisotopic (exact) mass is 261 g/mol. The first-order chi connectivity index (χ1) is 7.66. The van der Waals surface area contributed by atoms with Crippen molar-refractivity contribution in [1.29, 1.82) is 0 Å². The average molecular weight is 261 g/mol. The highest BCUT2D eigenvalue weighted by Gasteiger charge is 2.23. The lowest BCUT2D eigenvalue weighted by Crippen LogP contribution is -2.38. The third kappa shape index (κ3) is 2.70. The largest absolute Gasteiger partial charge is 0.394 e. The van der Waals surface area contributed by atoms with Gasteiger partial charge in [-0.05, 0) is 20.8 Å². The molecule has 0 radical (unpaired) electrons. The second-order valence-corrected chi connectivity index (χ2v) is 5.92. The highest BCUT2D eigenvalue weighted by atomic mass is 32.2. The highest BCUT2D eigenvalue weighted by molar-refractivity contribution is 7.90. The van der Waals surface area contributed by atoms with Gasteiger partial charge in [0.15, 0.2) is 5.82 Å². The number of aryl methyl sites for hydroxylation is 2. The summed E-state index contributed by atoms with van der Waals surface area (Å²) in [6, 6.07) is -0.136. The molecule has 1 heterocycles. The predicted octanol–water partition coefficient (Wildman–Crippen LogP) is 0.308. The number of hydrogen-bond acceptors (Lipinski definition) is 4. The molecule has 0 spiro atoms. The zero-order valence-electron chi connectivity index (χ0n) is 10.7. The third-order valence-corrected chi connectivity index (χ3v) is 4.23.